The summed E-state index contributed by atoms with van der Waals surface area (Å²) in [6.07, 6.45) is -0.581. The molecule has 8 aromatic rings. The Bertz CT molecular complexity index is 3590. The van der Waals surface area contributed by atoms with Gasteiger partial charge in [-0.3, -0.25) is 29.8 Å². The number of aryl methyl sites for hydroxylation is 5. The quantitative estimate of drug-likeness (QED) is 0.166. The lowest BCUT2D eigenvalue weighted by Gasteiger charge is -2.40. The summed E-state index contributed by atoms with van der Waals surface area (Å²) in [4.78, 5) is 81.9. The van der Waals surface area contributed by atoms with Crippen molar-refractivity contribution in [3.63, 3.8) is 0 Å². The highest BCUT2D eigenvalue weighted by Crippen LogP contribution is 2.32. The first-order valence-electron chi connectivity index (χ1n) is 26.2. The van der Waals surface area contributed by atoms with Gasteiger partial charge in [0.25, 0.3) is 11.8 Å². The van der Waals surface area contributed by atoms with Gasteiger partial charge in [0, 0.05) is 80.2 Å². The van der Waals surface area contributed by atoms with Crippen molar-refractivity contribution < 1.29 is 19.2 Å². The zero-order chi connectivity index (χ0) is 63.0. The maximum absolute atomic E-state index is 11.8. The molecular weight excluding hydrogens is 1480 g/mol. The summed E-state index contributed by atoms with van der Waals surface area (Å²) in [5.41, 5.74) is 8.98. The van der Waals surface area contributed by atoms with E-state index < -0.39 is 18.1 Å². The highest BCUT2D eigenvalue weighted by molar-refractivity contribution is 9.13. The number of amides is 6. The topological polar surface area (TPSA) is 219 Å². The Kier molecular flexibility index (Phi) is 23.4. The molecule has 85 heavy (non-hydrogen) atoms. The van der Waals surface area contributed by atoms with E-state index in [1.807, 2.05) is 138 Å². The maximum Gasteiger partial charge on any atom is 0.327 e. The van der Waals surface area contributed by atoms with E-state index in [9.17, 15) is 19.2 Å². The Morgan fingerprint density at radius 1 is 0.482 bits per heavy atom. The fraction of sp³-hybridized carbons (Fsp3) is 0.351. The molecule has 0 bridgehead atoms. The Balaban J connectivity index is 0.000000162. The zero-order valence-corrected chi connectivity index (χ0v) is 59.5. The van der Waals surface area contributed by atoms with E-state index in [4.69, 9.17) is 4.98 Å². The van der Waals surface area contributed by atoms with Gasteiger partial charge in [-0.1, -0.05) is 72.8 Å². The van der Waals surface area contributed by atoms with Crippen molar-refractivity contribution in [2.75, 3.05) is 28.2 Å². The van der Waals surface area contributed by atoms with Gasteiger partial charge in [-0.05, 0) is 156 Å². The zero-order valence-electron chi connectivity index (χ0n) is 49.9. The van der Waals surface area contributed by atoms with E-state index >= 15 is 0 Å². The summed E-state index contributed by atoms with van der Waals surface area (Å²) in [5, 5.41) is 4.80. The van der Waals surface area contributed by atoms with Crippen LogP contribution in [0.5, 0.6) is 0 Å². The molecule has 9 heterocycles. The summed E-state index contributed by atoms with van der Waals surface area (Å²) in [5.74, 6) is 4.06. The summed E-state index contributed by atoms with van der Waals surface area (Å²) >= 11 is 19.9. The number of carbonyl (C=O) groups excluding carboxylic acids is 4. The molecule has 0 aliphatic carbocycles. The van der Waals surface area contributed by atoms with Gasteiger partial charge in [0.15, 0.2) is 21.6 Å². The van der Waals surface area contributed by atoms with Crippen LogP contribution in [0.1, 0.15) is 42.7 Å². The minimum atomic E-state index is -0.498. The van der Waals surface area contributed by atoms with Gasteiger partial charge in [-0.25, -0.2) is 34.5 Å². The summed E-state index contributed by atoms with van der Waals surface area (Å²) in [6.45, 7) is 13.6. The van der Waals surface area contributed by atoms with Crippen LogP contribution in [0.3, 0.4) is 0 Å². The van der Waals surface area contributed by atoms with Crippen LogP contribution >= 0.6 is 95.6 Å². The molecule has 12 rings (SSSR count). The lowest BCUT2D eigenvalue weighted by Crippen LogP contribution is -2.63. The number of nitrogens with zero attached hydrogens (tertiary/aromatic N) is 16. The number of imidazole rings is 5. The number of aliphatic imine (C=N–C) groups is 2. The lowest BCUT2D eigenvalue weighted by molar-refractivity contribution is -0.134. The summed E-state index contributed by atoms with van der Waals surface area (Å²) in [7, 11) is 16.8. The molecule has 4 atom stereocenters. The maximum atomic E-state index is 11.8. The number of carbonyl (C=O) groups is 4. The van der Waals surface area contributed by atoms with Crippen molar-refractivity contribution in [3.8, 4) is 22.5 Å². The summed E-state index contributed by atoms with van der Waals surface area (Å²) in [6, 6.07) is 27.2. The molecular formula is C57H68Br6N18O4. The minimum Gasteiger partial charge on any atom is -0.341 e. The van der Waals surface area contributed by atoms with Crippen LogP contribution in [0.15, 0.2) is 123 Å². The first kappa shape index (κ1) is 67.8. The Morgan fingerprint density at radius 2 is 1.01 bits per heavy atom. The first-order chi connectivity index (χ1) is 40.0. The number of amidine groups is 2. The molecule has 6 amide bonds. The van der Waals surface area contributed by atoms with E-state index in [2.05, 4.69) is 195 Å². The van der Waals surface area contributed by atoms with E-state index in [1.54, 1.807) is 30.8 Å². The minimum absolute atomic E-state index is 0.230. The van der Waals surface area contributed by atoms with Crippen molar-refractivity contribution in [1.29, 1.82) is 0 Å². The SMILES string of the molecule is CC1=NC2C(=O)N(C)C(=O)N(C)C2N1C.CC1=NC2C(=O)NC(=O)NC2N1C.Cc1c(Br)nc(Br)n1C.Cc1nc(-c2ccccc2)c(-c2ccccc2)n1C.Cc1nc(Br)c(Br)n1C.Cc1nc(Br)n(C)c1Br.Cc1nc2ccccc2n1C. The monoisotopic (exact) mass is 1540 g/mol. The summed E-state index contributed by atoms with van der Waals surface area (Å²) < 4.78 is 15.6. The molecule has 0 saturated carbocycles. The number of para-hydroxylation sites is 2. The molecule has 2 N–H and O–H groups in total. The van der Waals surface area contributed by atoms with Crippen molar-refractivity contribution >= 4 is 142 Å². The van der Waals surface area contributed by atoms with Gasteiger partial charge < -0.3 is 42.9 Å². The fourth-order valence-corrected chi connectivity index (χ4v) is 11.7. The van der Waals surface area contributed by atoms with E-state index in [0.29, 0.717) is 0 Å². The predicted molar refractivity (Wildman–Crippen MR) is 354 cm³/mol. The van der Waals surface area contributed by atoms with Crippen molar-refractivity contribution in [2.24, 2.45) is 45.2 Å². The number of likely N-dealkylation sites (N-methyl/N-ethyl adjacent to an activating group) is 4. The average Bonchev–Trinajstić information content (AvgIpc) is 4.42. The number of nitrogens with one attached hydrogen (secondary N) is 2. The van der Waals surface area contributed by atoms with Gasteiger partial charge >= 0.3 is 12.1 Å². The highest BCUT2D eigenvalue weighted by Gasteiger charge is 2.48. The number of hydrogen-bond donors (Lipinski definition) is 2. The number of hydrogen-bond acceptors (Lipinski definition) is 13. The second kappa shape index (κ2) is 29.4. The number of halogens is 6. The third kappa shape index (κ3) is 15.6. The Hall–Kier alpha value is -6.33. The molecule has 2 fully saturated rings. The van der Waals surface area contributed by atoms with Crippen LogP contribution in [-0.4, -0.2) is 156 Å². The normalized spacial score (nSPS) is 17.4. The Morgan fingerprint density at radius 3 is 1.48 bits per heavy atom. The predicted octanol–water partition coefficient (Wildman–Crippen LogP) is 11.2. The van der Waals surface area contributed by atoms with Crippen LogP contribution in [0, 0.1) is 34.6 Å². The number of fused-ring (bicyclic) bond motifs is 3. The molecule has 0 radical (unpaired) electrons. The molecule has 2 saturated heterocycles. The fourth-order valence-electron chi connectivity index (χ4n) is 8.81. The molecule has 5 aromatic heterocycles. The molecule has 0 spiro atoms. The van der Waals surface area contributed by atoms with Gasteiger partial charge in [0.05, 0.1) is 39.8 Å². The number of rotatable bonds is 2. The second-order valence-electron chi connectivity index (χ2n) is 19.9. The number of benzene rings is 3. The molecule has 4 aliphatic rings. The first-order valence-corrected chi connectivity index (χ1v) is 31.0. The van der Waals surface area contributed by atoms with Crippen molar-refractivity contribution in [2.45, 2.75) is 72.9 Å². The second-order valence-corrected chi connectivity index (χ2v) is 24.3. The number of urea groups is 2. The molecule has 22 nitrogen and oxygen atoms in total. The number of imide groups is 2. The van der Waals surface area contributed by atoms with Crippen LogP contribution in [-0.2, 0) is 44.8 Å². The standard InChI is InChI=1S/C17H16N2.C9H14N4O2.C9H10N2.C7H10N4O2.3C5H6Br2N2/c1-13-18-16(14-9-5-3-6-10-14)17(19(13)2)15-11-7-4-8-12-15;1-5-10-6-7(11(5)2)12(3)9(15)13(4)8(6)14;1-7-10-8-5-3-4-6-9(8)11(7)2;1-3-8-4-5(11(3)2)9-7(13)10-6(4)12;1-3-8-4(6)5(7)9(3)2;1-3-4(6)8-5(7)9(3)2;1-3-4(6)9(2)5(7)8-3/h3-12H,1-2H3;6-7H,1-4H3;3-6H,1-2H3;4-5H,1-2H3,(H2,9,10,12,13);3*1-2H3. The van der Waals surface area contributed by atoms with Crippen molar-refractivity contribution in [3.05, 3.63) is 142 Å². The third-order valence-electron chi connectivity index (χ3n) is 14.5. The van der Waals surface area contributed by atoms with Crippen LogP contribution in [0.4, 0.5) is 9.59 Å². The highest BCUT2D eigenvalue weighted by atomic mass is 79.9. The molecule has 4 unspecified atom stereocenters. The molecule has 4 aliphatic heterocycles. The van der Waals surface area contributed by atoms with Crippen LogP contribution < -0.4 is 10.6 Å². The van der Waals surface area contributed by atoms with Gasteiger partial charge in [0.2, 0.25) is 0 Å². The molecule has 28 heteroatoms. The number of aromatic nitrogens is 10. The van der Waals surface area contributed by atoms with Crippen molar-refractivity contribution in [1.82, 2.24) is 78.0 Å². The smallest absolute Gasteiger partial charge is 0.327 e. The largest absolute Gasteiger partial charge is 0.341 e. The molecule has 452 valence electrons. The molecule has 3 aromatic carbocycles. The van der Waals surface area contributed by atoms with E-state index in [1.165, 1.54) is 23.8 Å². The van der Waals surface area contributed by atoms with Crippen LogP contribution in [0.2, 0.25) is 0 Å². The van der Waals surface area contributed by atoms with Gasteiger partial charge in [-0.15, -0.1) is 0 Å². The Labute approximate surface area is 545 Å². The lowest BCUT2D eigenvalue weighted by atomic mass is 10.1. The van der Waals surface area contributed by atoms with Gasteiger partial charge in [0.1, 0.15) is 48.2 Å². The van der Waals surface area contributed by atoms with Gasteiger partial charge in [-0.2, -0.15) is 0 Å². The van der Waals surface area contributed by atoms with E-state index in [0.717, 1.165) is 90.1 Å². The third-order valence-corrected chi connectivity index (χ3v) is 19.7. The average molecular weight is 1550 g/mol. The van der Waals surface area contributed by atoms with E-state index in [-0.39, 0.29) is 30.2 Å². The van der Waals surface area contributed by atoms with Crippen LogP contribution in [0.25, 0.3) is 33.5 Å².